The summed E-state index contributed by atoms with van der Waals surface area (Å²) < 4.78 is 38.5. The molecule has 0 unspecified atom stereocenters. The fourth-order valence-corrected chi connectivity index (χ4v) is 1.98. The number of halogens is 3. The summed E-state index contributed by atoms with van der Waals surface area (Å²) in [7, 11) is 0. The van der Waals surface area contributed by atoms with Crippen molar-refractivity contribution < 1.29 is 22.9 Å². The first-order chi connectivity index (χ1) is 9.66. The molecule has 4 N–H and O–H groups in total. The van der Waals surface area contributed by atoms with Gasteiger partial charge in [-0.2, -0.15) is 13.2 Å². The van der Waals surface area contributed by atoms with E-state index in [0.29, 0.717) is 6.07 Å². The molecule has 0 spiro atoms. The highest BCUT2D eigenvalue weighted by Gasteiger charge is 2.44. The Morgan fingerprint density at radius 2 is 2.05 bits per heavy atom. The molecule has 0 aromatic heterocycles. The summed E-state index contributed by atoms with van der Waals surface area (Å²) in [6.07, 6.45) is -4.88. The van der Waals surface area contributed by atoms with E-state index in [1.807, 2.05) is 0 Å². The number of nitrogens with zero attached hydrogens (tertiary/aromatic N) is 1. The molecule has 0 saturated carbocycles. The summed E-state index contributed by atoms with van der Waals surface area (Å²) in [4.78, 5) is 20.9. The fraction of sp³-hybridized carbons (Fsp3) is 0.364. The Hall–Kier alpha value is -2.36. The van der Waals surface area contributed by atoms with Gasteiger partial charge in [0.2, 0.25) is 5.91 Å². The van der Waals surface area contributed by atoms with Gasteiger partial charge in [-0.15, -0.1) is 0 Å². The van der Waals surface area contributed by atoms with Gasteiger partial charge < -0.3 is 16.4 Å². The fourth-order valence-electron chi connectivity index (χ4n) is 1.98. The number of nitro groups is 1. The van der Waals surface area contributed by atoms with Gasteiger partial charge in [0.25, 0.3) is 5.69 Å². The van der Waals surface area contributed by atoms with Crippen molar-refractivity contribution in [2.75, 3.05) is 18.4 Å². The number of amides is 1. The molecule has 1 saturated heterocycles. The number of carbonyl (C=O) groups is 1. The summed E-state index contributed by atoms with van der Waals surface area (Å²) >= 11 is 0. The number of rotatable bonds is 4. The topological polar surface area (TPSA) is 110 Å². The lowest BCUT2D eigenvalue weighted by atomic mass is 9.91. The molecule has 1 aliphatic rings. The maximum Gasteiger partial charge on any atom is 0.423 e. The molecule has 1 aromatic rings. The number of anilines is 1. The standard InChI is InChI=1S/C11H11F3N4O3/c12-11(13,14)7-3-6(1-2-8(7)18(20)21)17-10(9(15)19)4-16-5-10/h1-3,16-17H,4-5H2,(H2,15,19). The molecule has 0 bridgehead atoms. The number of hydrogen-bond acceptors (Lipinski definition) is 5. The molecule has 114 valence electrons. The monoisotopic (exact) mass is 304 g/mol. The quantitative estimate of drug-likeness (QED) is 0.564. The van der Waals surface area contributed by atoms with Crippen LogP contribution in [0.25, 0.3) is 0 Å². The van der Waals surface area contributed by atoms with E-state index in [4.69, 9.17) is 5.73 Å². The lowest BCUT2D eigenvalue weighted by Crippen LogP contribution is -2.70. The molecule has 1 aliphatic heterocycles. The number of nitrogens with two attached hydrogens (primary N) is 1. The van der Waals surface area contributed by atoms with Crippen LogP contribution < -0.4 is 16.4 Å². The molecule has 10 heteroatoms. The van der Waals surface area contributed by atoms with Crippen molar-refractivity contribution in [1.82, 2.24) is 5.32 Å². The molecule has 2 rings (SSSR count). The zero-order valence-corrected chi connectivity index (χ0v) is 10.5. The van der Waals surface area contributed by atoms with Crippen molar-refractivity contribution in [1.29, 1.82) is 0 Å². The highest BCUT2D eigenvalue weighted by Crippen LogP contribution is 2.38. The van der Waals surface area contributed by atoms with E-state index in [1.54, 1.807) is 0 Å². The van der Waals surface area contributed by atoms with Gasteiger partial charge in [-0.25, -0.2) is 0 Å². The predicted octanol–water partition coefficient (Wildman–Crippen LogP) is 0.853. The van der Waals surface area contributed by atoms with Crippen LogP contribution in [0, 0.1) is 10.1 Å². The van der Waals surface area contributed by atoms with Gasteiger partial charge in [0, 0.05) is 24.8 Å². The van der Waals surface area contributed by atoms with Crippen LogP contribution in [0.2, 0.25) is 0 Å². The predicted molar refractivity (Wildman–Crippen MR) is 66.5 cm³/mol. The van der Waals surface area contributed by atoms with E-state index in [0.717, 1.165) is 12.1 Å². The van der Waals surface area contributed by atoms with Gasteiger partial charge in [-0.3, -0.25) is 14.9 Å². The second-order valence-electron chi connectivity index (χ2n) is 4.66. The summed E-state index contributed by atoms with van der Waals surface area (Å²) in [6.45, 7) is 0.335. The van der Waals surface area contributed by atoms with Crippen LogP contribution in [-0.4, -0.2) is 29.5 Å². The first-order valence-corrected chi connectivity index (χ1v) is 5.80. The summed E-state index contributed by atoms with van der Waals surface area (Å²) in [6, 6.07) is 2.45. The van der Waals surface area contributed by atoms with Crippen LogP contribution >= 0.6 is 0 Å². The van der Waals surface area contributed by atoms with Gasteiger partial charge in [0.05, 0.1) is 4.92 Å². The number of carbonyl (C=O) groups excluding carboxylic acids is 1. The Morgan fingerprint density at radius 1 is 1.43 bits per heavy atom. The summed E-state index contributed by atoms with van der Waals surface area (Å²) in [5, 5.41) is 16.0. The molecular weight excluding hydrogens is 293 g/mol. The van der Waals surface area contributed by atoms with Gasteiger partial charge >= 0.3 is 6.18 Å². The van der Waals surface area contributed by atoms with Crippen molar-refractivity contribution in [3.63, 3.8) is 0 Å². The molecule has 0 atom stereocenters. The third-order valence-corrected chi connectivity index (χ3v) is 3.21. The highest BCUT2D eigenvalue weighted by atomic mass is 19.4. The average Bonchev–Trinajstić information content (AvgIpc) is 2.31. The third-order valence-electron chi connectivity index (χ3n) is 3.21. The second-order valence-corrected chi connectivity index (χ2v) is 4.66. The van der Waals surface area contributed by atoms with Crippen LogP contribution in [0.5, 0.6) is 0 Å². The maximum absolute atomic E-state index is 12.8. The normalized spacial score (nSPS) is 16.9. The van der Waals surface area contributed by atoms with E-state index in [2.05, 4.69) is 10.6 Å². The molecule has 1 amide bonds. The number of hydrogen-bond donors (Lipinski definition) is 3. The minimum atomic E-state index is -4.88. The van der Waals surface area contributed by atoms with E-state index in [1.165, 1.54) is 0 Å². The van der Waals surface area contributed by atoms with Crippen LogP contribution in [0.3, 0.4) is 0 Å². The van der Waals surface area contributed by atoms with Crippen LogP contribution in [0.4, 0.5) is 24.5 Å². The minimum absolute atomic E-state index is 0.0618. The number of primary amides is 1. The van der Waals surface area contributed by atoms with Gasteiger partial charge in [0.15, 0.2) is 0 Å². The first-order valence-electron chi connectivity index (χ1n) is 5.80. The largest absolute Gasteiger partial charge is 0.423 e. The Kier molecular flexibility index (Phi) is 3.49. The lowest BCUT2D eigenvalue weighted by Gasteiger charge is -2.41. The maximum atomic E-state index is 12.8. The van der Waals surface area contributed by atoms with Gasteiger partial charge in [0.1, 0.15) is 11.1 Å². The smallest absolute Gasteiger partial charge is 0.369 e. The highest BCUT2D eigenvalue weighted by molar-refractivity contribution is 5.90. The Bertz CT molecular complexity index is 599. The summed E-state index contributed by atoms with van der Waals surface area (Å²) in [5.74, 6) is -0.715. The van der Waals surface area contributed by atoms with Crippen molar-refractivity contribution >= 4 is 17.3 Å². The Labute approximate surface area is 116 Å². The van der Waals surface area contributed by atoms with Crippen LogP contribution in [-0.2, 0) is 11.0 Å². The molecule has 1 fully saturated rings. The molecular formula is C11H11F3N4O3. The van der Waals surface area contributed by atoms with E-state index in [9.17, 15) is 28.1 Å². The SMILES string of the molecule is NC(=O)C1(Nc2ccc([N+](=O)[O-])c(C(F)(F)F)c2)CNC1. The molecule has 0 radical (unpaired) electrons. The van der Waals surface area contributed by atoms with Crippen molar-refractivity contribution in [3.8, 4) is 0 Å². The van der Waals surface area contributed by atoms with Crippen LogP contribution in [0.1, 0.15) is 5.56 Å². The van der Waals surface area contributed by atoms with E-state index in [-0.39, 0.29) is 18.8 Å². The Morgan fingerprint density at radius 3 is 2.43 bits per heavy atom. The van der Waals surface area contributed by atoms with Crippen molar-refractivity contribution in [2.24, 2.45) is 5.73 Å². The zero-order chi connectivity index (χ0) is 15.8. The molecule has 1 heterocycles. The first kappa shape index (κ1) is 15.0. The van der Waals surface area contributed by atoms with Crippen LogP contribution in [0.15, 0.2) is 18.2 Å². The van der Waals surface area contributed by atoms with Crippen molar-refractivity contribution in [2.45, 2.75) is 11.7 Å². The van der Waals surface area contributed by atoms with Gasteiger partial charge in [-0.05, 0) is 12.1 Å². The summed E-state index contributed by atoms with van der Waals surface area (Å²) in [5.41, 5.74) is 1.53. The van der Waals surface area contributed by atoms with Crippen molar-refractivity contribution in [3.05, 3.63) is 33.9 Å². The number of nitrogens with one attached hydrogen (secondary N) is 2. The zero-order valence-electron chi connectivity index (χ0n) is 10.5. The third kappa shape index (κ3) is 2.75. The second kappa shape index (κ2) is 4.88. The van der Waals surface area contributed by atoms with Gasteiger partial charge in [-0.1, -0.05) is 0 Å². The molecule has 0 aliphatic carbocycles. The molecule has 1 aromatic carbocycles. The Balaban J connectivity index is 2.39. The average molecular weight is 304 g/mol. The number of alkyl halides is 3. The van der Waals surface area contributed by atoms with E-state index >= 15 is 0 Å². The number of benzene rings is 1. The molecule has 7 nitrogen and oxygen atoms in total. The molecule has 21 heavy (non-hydrogen) atoms. The lowest BCUT2D eigenvalue weighted by molar-refractivity contribution is -0.388. The van der Waals surface area contributed by atoms with E-state index < -0.39 is 33.8 Å². The minimum Gasteiger partial charge on any atom is -0.369 e. The number of nitro benzene ring substituents is 1.